The van der Waals surface area contributed by atoms with E-state index in [0.717, 1.165) is 36.8 Å². The van der Waals surface area contributed by atoms with Gasteiger partial charge in [-0.15, -0.1) is 0 Å². The molecule has 8 heteroatoms. The van der Waals surface area contributed by atoms with Gasteiger partial charge in [0.2, 0.25) is 5.91 Å². The molecule has 0 atom stereocenters. The maximum absolute atomic E-state index is 11.6. The van der Waals surface area contributed by atoms with Crippen LogP contribution in [0.3, 0.4) is 0 Å². The third kappa shape index (κ3) is 7.09. The first kappa shape index (κ1) is 22.2. The zero-order valence-corrected chi connectivity index (χ0v) is 18.0. The van der Waals surface area contributed by atoms with E-state index in [0.29, 0.717) is 38.1 Å². The molecule has 1 aliphatic carbocycles. The summed E-state index contributed by atoms with van der Waals surface area (Å²) in [5, 5.41) is 6.60. The molecule has 1 amide bonds. The largest absolute Gasteiger partial charge is 0.490 e. The van der Waals surface area contributed by atoms with Crippen molar-refractivity contribution < 1.29 is 19.0 Å². The van der Waals surface area contributed by atoms with Crippen molar-refractivity contribution in [1.29, 1.82) is 0 Å². The zero-order chi connectivity index (χ0) is 21.4. The first-order valence-corrected chi connectivity index (χ1v) is 10.8. The number of carbonyl (C=O) groups is 1. The number of rotatable bonds is 10. The number of primary amides is 1. The number of nitrogens with zero attached hydrogens (tertiary/aromatic N) is 1. The van der Waals surface area contributed by atoms with Crippen LogP contribution < -0.4 is 25.8 Å². The Hall–Kier alpha value is -2.48. The summed E-state index contributed by atoms with van der Waals surface area (Å²) >= 11 is 0. The Morgan fingerprint density at radius 1 is 1.27 bits per heavy atom. The second kappa shape index (κ2) is 10.5. The van der Waals surface area contributed by atoms with Gasteiger partial charge >= 0.3 is 0 Å². The Morgan fingerprint density at radius 3 is 2.77 bits per heavy atom. The molecule has 0 unspecified atom stereocenters. The molecule has 0 bridgehead atoms. The number of nitrogens with two attached hydrogens (primary N) is 1. The molecule has 3 rings (SSSR count). The topological polar surface area (TPSA) is 107 Å². The Kier molecular flexibility index (Phi) is 7.79. The highest BCUT2D eigenvalue weighted by Gasteiger charge is 2.25. The number of nitrogens with one attached hydrogen (secondary N) is 2. The first-order valence-electron chi connectivity index (χ1n) is 10.8. The zero-order valence-electron chi connectivity index (χ0n) is 18.0. The number of aliphatic imine (C=N–C) groups is 1. The summed E-state index contributed by atoms with van der Waals surface area (Å²) in [6.45, 7) is 7.42. The normalized spacial score (nSPS) is 16.7. The van der Waals surface area contributed by atoms with Gasteiger partial charge in [-0.3, -0.25) is 9.79 Å². The molecule has 0 radical (unpaired) electrons. The molecular weight excluding hydrogens is 384 g/mol. The molecule has 1 heterocycles. The van der Waals surface area contributed by atoms with E-state index in [1.807, 2.05) is 18.2 Å². The minimum Gasteiger partial charge on any atom is -0.490 e. The highest BCUT2D eigenvalue weighted by Crippen LogP contribution is 2.32. The van der Waals surface area contributed by atoms with Crippen molar-refractivity contribution >= 4 is 17.6 Å². The van der Waals surface area contributed by atoms with Gasteiger partial charge in [-0.1, -0.05) is 0 Å². The molecule has 0 aromatic heterocycles. The number of hydrogen-bond donors (Lipinski definition) is 3. The van der Waals surface area contributed by atoms with E-state index in [4.69, 9.17) is 19.9 Å². The van der Waals surface area contributed by atoms with Crippen LogP contribution in [-0.4, -0.2) is 51.4 Å². The molecule has 1 aliphatic heterocycles. The Balaban J connectivity index is 1.59. The number of anilines is 1. The molecule has 1 aromatic carbocycles. The van der Waals surface area contributed by atoms with E-state index in [1.165, 1.54) is 12.8 Å². The summed E-state index contributed by atoms with van der Waals surface area (Å²) in [5.74, 6) is 2.43. The van der Waals surface area contributed by atoms with E-state index in [9.17, 15) is 4.79 Å². The third-order valence-electron chi connectivity index (χ3n) is 5.12. The third-order valence-corrected chi connectivity index (χ3v) is 5.12. The minimum absolute atomic E-state index is 0.278. The molecule has 30 heavy (non-hydrogen) atoms. The van der Waals surface area contributed by atoms with Crippen LogP contribution in [0.2, 0.25) is 0 Å². The average Bonchev–Trinajstić information content (AvgIpc) is 3.55. The van der Waals surface area contributed by atoms with E-state index in [1.54, 1.807) is 13.8 Å². The number of guanidine groups is 1. The van der Waals surface area contributed by atoms with Gasteiger partial charge in [0, 0.05) is 37.9 Å². The summed E-state index contributed by atoms with van der Waals surface area (Å²) < 4.78 is 17.1. The van der Waals surface area contributed by atoms with Crippen LogP contribution in [0.1, 0.15) is 39.5 Å². The quantitative estimate of drug-likeness (QED) is 0.306. The monoisotopic (exact) mass is 418 g/mol. The molecule has 2 aliphatic rings. The van der Waals surface area contributed by atoms with Gasteiger partial charge in [-0.25, -0.2) is 0 Å². The number of benzene rings is 1. The van der Waals surface area contributed by atoms with Crippen molar-refractivity contribution in [2.75, 3.05) is 44.8 Å². The molecule has 1 saturated carbocycles. The maximum Gasteiger partial charge on any atom is 0.224 e. The van der Waals surface area contributed by atoms with Gasteiger partial charge in [0.25, 0.3) is 0 Å². The Bertz CT molecular complexity index is 747. The van der Waals surface area contributed by atoms with Crippen LogP contribution in [-0.2, 0) is 9.53 Å². The highest BCUT2D eigenvalue weighted by molar-refractivity contribution is 5.94. The van der Waals surface area contributed by atoms with Crippen molar-refractivity contribution in [3.63, 3.8) is 0 Å². The summed E-state index contributed by atoms with van der Waals surface area (Å²) in [7, 11) is 0. The van der Waals surface area contributed by atoms with Gasteiger partial charge in [0.05, 0.1) is 25.2 Å². The van der Waals surface area contributed by atoms with Crippen LogP contribution >= 0.6 is 0 Å². The van der Waals surface area contributed by atoms with E-state index >= 15 is 0 Å². The lowest BCUT2D eigenvalue weighted by molar-refractivity contribution is -0.125. The van der Waals surface area contributed by atoms with Gasteiger partial charge in [0.1, 0.15) is 0 Å². The van der Waals surface area contributed by atoms with Crippen molar-refractivity contribution in [2.24, 2.45) is 22.1 Å². The molecule has 4 N–H and O–H groups in total. The average molecular weight is 419 g/mol. The fourth-order valence-electron chi connectivity index (χ4n) is 2.79. The Labute approximate surface area is 178 Å². The Morgan fingerprint density at radius 2 is 2.03 bits per heavy atom. The minimum atomic E-state index is -0.729. The lowest BCUT2D eigenvalue weighted by atomic mass is 9.93. The van der Waals surface area contributed by atoms with Crippen LogP contribution in [0.25, 0.3) is 0 Å². The molecule has 8 nitrogen and oxygen atoms in total. The number of hydrogen-bond acceptors (Lipinski definition) is 5. The number of amides is 1. The molecule has 0 spiro atoms. The molecule has 1 aromatic rings. The summed E-state index contributed by atoms with van der Waals surface area (Å²) in [5.41, 5.74) is 5.59. The van der Waals surface area contributed by atoms with Crippen LogP contribution in [0.4, 0.5) is 5.69 Å². The SMILES string of the molecule is CC(C)(CN=C(NCCCOCC1CC1)Nc1ccc2c(c1)OCCCO2)C(N)=O. The van der Waals surface area contributed by atoms with Crippen LogP contribution in [0.15, 0.2) is 23.2 Å². The van der Waals surface area contributed by atoms with Crippen molar-refractivity contribution in [3.8, 4) is 11.5 Å². The predicted octanol–water partition coefficient (Wildman–Crippen LogP) is 2.53. The standard InChI is InChI=1S/C22H34N4O4/c1-22(2,20(23)27)15-25-21(24-9-3-10-28-14-16-5-6-16)26-17-7-8-18-19(13-17)30-12-4-11-29-18/h7-8,13,16H,3-6,9-12,14-15H2,1-2H3,(H2,23,27)(H2,24,25,26). The van der Waals surface area contributed by atoms with Crippen molar-refractivity contribution in [2.45, 2.75) is 39.5 Å². The summed E-state index contributed by atoms with van der Waals surface area (Å²) in [6.07, 6.45) is 4.32. The van der Waals surface area contributed by atoms with Gasteiger partial charge < -0.3 is 30.6 Å². The molecule has 166 valence electrons. The fourth-order valence-corrected chi connectivity index (χ4v) is 2.79. The van der Waals surface area contributed by atoms with E-state index < -0.39 is 5.41 Å². The van der Waals surface area contributed by atoms with E-state index in [2.05, 4.69) is 15.6 Å². The molecule has 1 fully saturated rings. The summed E-state index contributed by atoms with van der Waals surface area (Å²) in [4.78, 5) is 16.2. The number of ether oxygens (including phenoxy) is 3. The maximum atomic E-state index is 11.6. The van der Waals surface area contributed by atoms with Gasteiger partial charge in [-0.05, 0) is 51.2 Å². The lowest BCUT2D eigenvalue weighted by Crippen LogP contribution is -2.37. The second-order valence-corrected chi connectivity index (χ2v) is 8.55. The number of fused-ring (bicyclic) bond motifs is 1. The van der Waals surface area contributed by atoms with Gasteiger partial charge in [-0.2, -0.15) is 0 Å². The van der Waals surface area contributed by atoms with Gasteiger partial charge in [0.15, 0.2) is 17.5 Å². The number of carbonyl (C=O) groups excluding carboxylic acids is 1. The van der Waals surface area contributed by atoms with Crippen molar-refractivity contribution in [3.05, 3.63) is 18.2 Å². The molecular formula is C22H34N4O4. The first-order chi connectivity index (χ1) is 14.4. The fraction of sp³-hybridized carbons (Fsp3) is 0.636. The lowest BCUT2D eigenvalue weighted by Gasteiger charge is -2.19. The summed E-state index contributed by atoms with van der Waals surface area (Å²) in [6, 6.07) is 5.71. The molecule has 0 saturated heterocycles. The van der Waals surface area contributed by atoms with Crippen LogP contribution in [0, 0.1) is 11.3 Å². The van der Waals surface area contributed by atoms with Crippen LogP contribution in [0.5, 0.6) is 11.5 Å². The van der Waals surface area contributed by atoms with E-state index in [-0.39, 0.29) is 12.5 Å². The smallest absolute Gasteiger partial charge is 0.224 e. The second-order valence-electron chi connectivity index (χ2n) is 8.55. The predicted molar refractivity (Wildman–Crippen MR) is 117 cm³/mol. The van der Waals surface area contributed by atoms with Crippen molar-refractivity contribution in [1.82, 2.24) is 5.32 Å². The highest BCUT2D eigenvalue weighted by atomic mass is 16.5.